The van der Waals surface area contributed by atoms with Crippen LogP contribution in [0.1, 0.15) is 18.9 Å². The highest BCUT2D eigenvalue weighted by molar-refractivity contribution is 7.71. The van der Waals surface area contributed by atoms with Crippen molar-refractivity contribution in [2.75, 3.05) is 7.05 Å². The van der Waals surface area contributed by atoms with Gasteiger partial charge in [0.15, 0.2) is 10.6 Å². The van der Waals surface area contributed by atoms with Crippen LogP contribution in [0.2, 0.25) is 0 Å². The van der Waals surface area contributed by atoms with Crippen molar-refractivity contribution in [3.05, 3.63) is 35.1 Å². The van der Waals surface area contributed by atoms with Gasteiger partial charge in [-0.25, -0.2) is 0 Å². The lowest BCUT2D eigenvalue weighted by molar-refractivity contribution is -0.149. The van der Waals surface area contributed by atoms with Gasteiger partial charge >= 0.3 is 0 Å². The van der Waals surface area contributed by atoms with Crippen molar-refractivity contribution < 1.29 is 9.59 Å². The summed E-state index contributed by atoms with van der Waals surface area (Å²) in [4.78, 5) is 25.1. The fraction of sp³-hybridized carbons (Fsp3) is 0.286. The highest BCUT2D eigenvalue weighted by Gasteiger charge is 2.34. The normalized spacial score (nSPS) is 19.1. The van der Waals surface area contributed by atoms with Crippen molar-refractivity contribution in [1.82, 2.24) is 19.7 Å². The maximum absolute atomic E-state index is 12.4. The van der Waals surface area contributed by atoms with Gasteiger partial charge in [0.2, 0.25) is 5.91 Å². The van der Waals surface area contributed by atoms with E-state index in [4.69, 9.17) is 12.2 Å². The number of aromatic amines is 1. The summed E-state index contributed by atoms with van der Waals surface area (Å²) < 4.78 is 2.09. The first-order valence-corrected chi connectivity index (χ1v) is 7.03. The number of piperidine rings is 1. The average molecular weight is 302 g/mol. The lowest BCUT2D eigenvalue weighted by Crippen LogP contribution is -2.43. The fourth-order valence-electron chi connectivity index (χ4n) is 2.52. The quantitative estimate of drug-likeness (QED) is 0.679. The second-order valence-corrected chi connectivity index (χ2v) is 5.32. The number of rotatable bonds is 2. The van der Waals surface area contributed by atoms with Gasteiger partial charge in [0, 0.05) is 19.0 Å². The Morgan fingerprint density at radius 1 is 1.29 bits per heavy atom. The minimum absolute atomic E-state index is 0.160. The second-order valence-electron chi connectivity index (χ2n) is 4.93. The van der Waals surface area contributed by atoms with E-state index in [0.717, 1.165) is 10.5 Å². The molecule has 1 saturated heterocycles. The number of hydrogen-bond acceptors (Lipinski definition) is 4. The molecule has 0 saturated carbocycles. The summed E-state index contributed by atoms with van der Waals surface area (Å²) in [6, 6.07) is 9.03. The number of carbonyl (C=O) groups is 2. The minimum atomic E-state index is -0.492. The van der Waals surface area contributed by atoms with Crippen LogP contribution in [-0.4, -0.2) is 38.5 Å². The molecule has 7 heteroatoms. The molecule has 1 aliphatic heterocycles. The number of hydrogen-bond donors (Lipinski definition) is 1. The number of nitrogens with zero attached hydrogens (tertiary/aromatic N) is 3. The summed E-state index contributed by atoms with van der Waals surface area (Å²) in [6.07, 6.45) is 0.768. The van der Waals surface area contributed by atoms with E-state index in [1.165, 1.54) is 7.05 Å². The third-order valence-corrected chi connectivity index (χ3v) is 3.96. The van der Waals surface area contributed by atoms with Gasteiger partial charge in [0.05, 0.1) is 0 Å². The molecule has 21 heavy (non-hydrogen) atoms. The highest BCUT2D eigenvalue weighted by atomic mass is 32.1. The highest BCUT2D eigenvalue weighted by Crippen LogP contribution is 2.28. The lowest BCUT2D eigenvalue weighted by Gasteiger charge is -2.28. The number of H-pyrrole nitrogens is 1. The summed E-state index contributed by atoms with van der Waals surface area (Å²) >= 11 is 5.26. The zero-order valence-corrected chi connectivity index (χ0v) is 12.3. The lowest BCUT2D eigenvalue weighted by atomic mass is 10.0. The van der Waals surface area contributed by atoms with E-state index >= 15 is 0 Å². The number of imide groups is 1. The molecule has 1 N–H and O–H groups in total. The maximum Gasteiger partial charge on any atom is 0.252 e. The van der Waals surface area contributed by atoms with Crippen LogP contribution >= 0.6 is 12.2 Å². The zero-order chi connectivity index (χ0) is 15.0. The van der Waals surface area contributed by atoms with E-state index in [9.17, 15) is 9.59 Å². The van der Waals surface area contributed by atoms with Gasteiger partial charge in [0.25, 0.3) is 5.91 Å². The van der Waals surface area contributed by atoms with Gasteiger partial charge in [0.1, 0.15) is 6.04 Å². The third-order valence-electron chi connectivity index (χ3n) is 3.67. The van der Waals surface area contributed by atoms with Crippen LogP contribution in [-0.2, 0) is 9.59 Å². The van der Waals surface area contributed by atoms with Gasteiger partial charge in [-0.05, 0) is 18.6 Å². The van der Waals surface area contributed by atoms with Crippen molar-refractivity contribution in [2.24, 2.45) is 0 Å². The first-order valence-electron chi connectivity index (χ1n) is 6.62. The van der Waals surface area contributed by atoms with Crippen molar-refractivity contribution in [2.45, 2.75) is 18.9 Å². The number of benzene rings is 1. The molecule has 1 unspecified atom stereocenters. The molecule has 0 bridgehead atoms. The average Bonchev–Trinajstić information content (AvgIpc) is 2.88. The number of aromatic nitrogens is 3. The molecule has 0 radical (unpaired) electrons. The Balaban J connectivity index is 2.08. The monoisotopic (exact) mass is 302 g/mol. The van der Waals surface area contributed by atoms with Crippen LogP contribution in [0.3, 0.4) is 0 Å². The molecule has 1 aliphatic rings. The van der Waals surface area contributed by atoms with E-state index in [0.29, 0.717) is 23.4 Å². The summed E-state index contributed by atoms with van der Waals surface area (Å²) in [5.74, 6) is 0.204. The SMILES string of the molecule is CN1C(=O)CCC(n2c(-c3ccccc3)n[nH]c2=S)C1=O. The summed E-state index contributed by atoms with van der Waals surface area (Å²) in [7, 11) is 1.50. The van der Waals surface area contributed by atoms with Crippen molar-refractivity contribution in [3.8, 4) is 11.4 Å². The molecule has 2 amide bonds. The van der Waals surface area contributed by atoms with Crippen LogP contribution < -0.4 is 0 Å². The fourth-order valence-corrected chi connectivity index (χ4v) is 2.78. The largest absolute Gasteiger partial charge is 0.287 e. The van der Waals surface area contributed by atoms with Crippen LogP contribution in [0.15, 0.2) is 30.3 Å². The molecule has 1 aromatic heterocycles. The molecule has 0 aliphatic carbocycles. The topological polar surface area (TPSA) is 71.0 Å². The van der Waals surface area contributed by atoms with E-state index in [-0.39, 0.29) is 11.8 Å². The van der Waals surface area contributed by atoms with E-state index in [2.05, 4.69) is 10.2 Å². The van der Waals surface area contributed by atoms with Gasteiger partial charge in [-0.15, -0.1) is 0 Å². The number of likely N-dealkylation sites (N-methyl/N-ethyl adjacent to an activating group) is 1. The molecule has 1 atom stereocenters. The van der Waals surface area contributed by atoms with Crippen LogP contribution in [0.5, 0.6) is 0 Å². The predicted molar refractivity (Wildman–Crippen MR) is 78.9 cm³/mol. The Morgan fingerprint density at radius 3 is 2.71 bits per heavy atom. The van der Waals surface area contributed by atoms with Crippen molar-refractivity contribution in [1.29, 1.82) is 0 Å². The molecule has 1 aromatic carbocycles. The van der Waals surface area contributed by atoms with Gasteiger partial charge < -0.3 is 0 Å². The van der Waals surface area contributed by atoms with E-state index < -0.39 is 6.04 Å². The van der Waals surface area contributed by atoms with Gasteiger partial charge in [-0.2, -0.15) is 5.10 Å². The number of carbonyl (C=O) groups excluding carboxylic acids is 2. The van der Waals surface area contributed by atoms with Crippen LogP contribution in [0, 0.1) is 4.77 Å². The Hall–Kier alpha value is -2.28. The molecular formula is C14H14N4O2S. The molecule has 3 rings (SSSR count). The smallest absolute Gasteiger partial charge is 0.252 e. The molecule has 108 valence electrons. The summed E-state index contributed by atoms with van der Waals surface area (Å²) in [5, 5.41) is 6.97. The number of amides is 2. The Kier molecular flexibility index (Phi) is 3.42. The number of nitrogens with one attached hydrogen (secondary N) is 1. The predicted octanol–water partition coefficient (Wildman–Crippen LogP) is 1.93. The molecule has 2 aromatic rings. The van der Waals surface area contributed by atoms with Gasteiger partial charge in [-0.1, -0.05) is 30.3 Å². The standard InChI is InChI=1S/C14H14N4O2S/c1-17-11(19)8-7-10(13(17)20)18-12(15-16-14(18)21)9-5-3-2-4-6-9/h2-6,10H,7-8H2,1H3,(H,16,21). The Morgan fingerprint density at radius 2 is 2.00 bits per heavy atom. The first kappa shape index (κ1) is 13.7. The van der Waals surface area contributed by atoms with Crippen molar-refractivity contribution in [3.63, 3.8) is 0 Å². The number of likely N-dealkylation sites (tertiary alicyclic amines) is 1. The van der Waals surface area contributed by atoms with Crippen molar-refractivity contribution >= 4 is 24.0 Å². The molecular weight excluding hydrogens is 288 g/mol. The Bertz CT molecular complexity index is 750. The zero-order valence-electron chi connectivity index (χ0n) is 11.4. The maximum atomic E-state index is 12.4. The van der Waals surface area contributed by atoms with Crippen LogP contribution in [0.25, 0.3) is 11.4 Å². The summed E-state index contributed by atoms with van der Waals surface area (Å²) in [5.41, 5.74) is 0.872. The summed E-state index contributed by atoms with van der Waals surface area (Å²) in [6.45, 7) is 0. The minimum Gasteiger partial charge on any atom is -0.287 e. The third kappa shape index (κ3) is 2.29. The van der Waals surface area contributed by atoms with E-state index in [1.807, 2.05) is 30.3 Å². The Labute approximate surface area is 126 Å². The molecule has 1 fully saturated rings. The first-order chi connectivity index (χ1) is 10.1. The van der Waals surface area contributed by atoms with Gasteiger partial charge in [-0.3, -0.25) is 24.2 Å². The second kappa shape index (κ2) is 5.25. The molecule has 0 spiro atoms. The molecule has 2 heterocycles. The van der Waals surface area contributed by atoms with E-state index in [1.54, 1.807) is 4.57 Å². The van der Waals surface area contributed by atoms with Crippen LogP contribution in [0.4, 0.5) is 0 Å². The molecule has 6 nitrogen and oxygen atoms in total.